The third-order valence-corrected chi connectivity index (χ3v) is 6.78. The predicted octanol–water partition coefficient (Wildman–Crippen LogP) is 3.19. The molecule has 0 spiro atoms. The number of hydrogen-bond acceptors (Lipinski definition) is 3. The fourth-order valence-corrected chi connectivity index (χ4v) is 5.19. The van der Waals surface area contributed by atoms with Crippen molar-refractivity contribution in [3.63, 3.8) is 0 Å². The van der Waals surface area contributed by atoms with Crippen molar-refractivity contribution in [1.29, 1.82) is 0 Å². The first-order valence-corrected chi connectivity index (χ1v) is 9.74. The lowest BCUT2D eigenvalue weighted by molar-refractivity contribution is 0.199. The Morgan fingerprint density at radius 3 is 2.44 bits per heavy atom. The maximum atomic E-state index is 13.5. The molecule has 0 bridgehead atoms. The van der Waals surface area contributed by atoms with E-state index in [1.54, 1.807) is 37.3 Å². The Balaban J connectivity index is 2.06. The Kier molecular flexibility index (Phi) is 4.95. The molecule has 0 aromatic heterocycles. The van der Waals surface area contributed by atoms with Gasteiger partial charge in [0.05, 0.1) is 10.9 Å². The van der Waals surface area contributed by atoms with E-state index >= 15 is 0 Å². The van der Waals surface area contributed by atoms with Crippen LogP contribution in [0.3, 0.4) is 0 Å². The van der Waals surface area contributed by atoms with E-state index in [9.17, 15) is 17.9 Å². The van der Waals surface area contributed by atoms with Gasteiger partial charge in [-0.1, -0.05) is 23.8 Å². The number of nitrogens with zero attached hydrogens (tertiary/aromatic N) is 1. The maximum absolute atomic E-state index is 13.5. The first kappa shape index (κ1) is 18.0. The van der Waals surface area contributed by atoms with Gasteiger partial charge in [-0.25, -0.2) is 12.8 Å². The number of aliphatic hydroxyl groups is 1. The molecule has 1 aliphatic rings. The molecule has 0 amide bonds. The van der Waals surface area contributed by atoms with Crippen LogP contribution in [0.2, 0.25) is 0 Å². The summed E-state index contributed by atoms with van der Waals surface area (Å²) in [4.78, 5) is 0.237. The lowest BCUT2D eigenvalue weighted by Gasteiger charge is -2.28. The van der Waals surface area contributed by atoms with Crippen LogP contribution in [0.4, 0.5) is 4.39 Å². The number of aliphatic hydroxyl groups excluding tert-OH is 1. The van der Waals surface area contributed by atoms with E-state index in [0.29, 0.717) is 18.5 Å². The molecule has 0 saturated carbocycles. The third-order valence-electron chi connectivity index (χ3n) is 4.89. The van der Waals surface area contributed by atoms with Gasteiger partial charge in [-0.05, 0) is 55.7 Å². The summed E-state index contributed by atoms with van der Waals surface area (Å²) in [6.45, 7) is 3.89. The molecule has 0 unspecified atom stereocenters. The van der Waals surface area contributed by atoms with Crippen molar-refractivity contribution < 1.29 is 17.9 Å². The van der Waals surface area contributed by atoms with Crippen LogP contribution in [0, 0.1) is 25.6 Å². The SMILES string of the molecule is Cc1ccc(S(=O)(=O)N2CC[C@H](CO)[C@H]2c2ccc(F)cc2C)cc1. The standard InChI is InChI=1S/C19H22FNO3S/c1-13-3-6-17(7-4-13)25(23,24)21-10-9-15(12-22)19(21)18-8-5-16(20)11-14(18)2/h3-8,11,15,19,22H,9-10,12H2,1-2H3/t15-,19+/m1/s1. The predicted molar refractivity (Wildman–Crippen MR) is 94.1 cm³/mol. The van der Waals surface area contributed by atoms with Crippen LogP contribution in [-0.2, 0) is 10.0 Å². The Morgan fingerprint density at radius 1 is 1.16 bits per heavy atom. The van der Waals surface area contributed by atoms with Crippen molar-refractivity contribution in [3.05, 3.63) is 65.0 Å². The molecule has 134 valence electrons. The summed E-state index contributed by atoms with van der Waals surface area (Å²) in [6, 6.07) is 10.6. The summed E-state index contributed by atoms with van der Waals surface area (Å²) < 4.78 is 41.2. The van der Waals surface area contributed by atoms with Crippen LogP contribution in [-0.4, -0.2) is 31.0 Å². The summed E-state index contributed by atoms with van der Waals surface area (Å²) in [5.74, 6) is -0.558. The zero-order chi connectivity index (χ0) is 18.2. The molecule has 6 heteroatoms. The summed E-state index contributed by atoms with van der Waals surface area (Å²) >= 11 is 0. The number of rotatable bonds is 4. The van der Waals surface area contributed by atoms with Crippen LogP contribution < -0.4 is 0 Å². The minimum absolute atomic E-state index is 0.110. The average molecular weight is 363 g/mol. The molecule has 2 aromatic rings. The molecule has 3 rings (SSSR count). The number of halogens is 1. The van der Waals surface area contributed by atoms with Crippen molar-refractivity contribution in [2.45, 2.75) is 31.2 Å². The van der Waals surface area contributed by atoms with E-state index in [-0.39, 0.29) is 23.2 Å². The third kappa shape index (κ3) is 3.34. The fourth-order valence-electron chi connectivity index (χ4n) is 3.51. The van der Waals surface area contributed by atoms with Gasteiger partial charge < -0.3 is 5.11 Å². The summed E-state index contributed by atoms with van der Waals surface area (Å²) in [6.07, 6.45) is 0.572. The van der Waals surface area contributed by atoms with Crippen molar-refractivity contribution in [2.75, 3.05) is 13.2 Å². The molecule has 1 N–H and O–H groups in total. The second-order valence-electron chi connectivity index (χ2n) is 6.61. The average Bonchev–Trinajstić information content (AvgIpc) is 3.00. The quantitative estimate of drug-likeness (QED) is 0.908. The molecular formula is C19H22FNO3S. The second kappa shape index (κ2) is 6.86. The highest BCUT2D eigenvalue weighted by Crippen LogP contribution is 2.41. The highest BCUT2D eigenvalue weighted by molar-refractivity contribution is 7.89. The van der Waals surface area contributed by atoms with Gasteiger partial charge in [0.1, 0.15) is 5.82 Å². The van der Waals surface area contributed by atoms with Crippen LogP contribution in [0.15, 0.2) is 47.4 Å². The molecule has 1 heterocycles. The van der Waals surface area contributed by atoms with Gasteiger partial charge in [0.15, 0.2) is 0 Å². The van der Waals surface area contributed by atoms with Crippen LogP contribution in [0.1, 0.15) is 29.2 Å². The highest BCUT2D eigenvalue weighted by Gasteiger charge is 2.42. The minimum atomic E-state index is -3.69. The zero-order valence-electron chi connectivity index (χ0n) is 14.3. The van der Waals surface area contributed by atoms with Gasteiger partial charge in [-0.15, -0.1) is 0 Å². The van der Waals surface area contributed by atoms with E-state index in [4.69, 9.17) is 0 Å². The number of aryl methyl sites for hydroxylation is 2. The van der Waals surface area contributed by atoms with E-state index in [1.807, 2.05) is 6.92 Å². The minimum Gasteiger partial charge on any atom is -0.396 e. The Morgan fingerprint density at radius 2 is 1.84 bits per heavy atom. The van der Waals surface area contributed by atoms with E-state index in [2.05, 4.69) is 0 Å². The van der Waals surface area contributed by atoms with E-state index in [1.165, 1.54) is 16.4 Å². The Labute approximate surface area is 148 Å². The summed E-state index contributed by atoms with van der Waals surface area (Å²) in [5.41, 5.74) is 2.42. The normalized spacial score (nSPS) is 21.6. The first-order chi connectivity index (χ1) is 11.8. The van der Waals surface area contributed by atoms with Gasteiger partial charge in [-0.3, -0.25) is 0 Å². The van der Waals surface area contributed by atoms with E-state index in [0.717, 1.165) is 11.1 Å². The van der Waals surface area contributed by atoms with Gasteiger partial charge in [-0.2, -0.15) is 4.31 Å². The molecule has 0 radical (unpaired) electrons. The van der Waals surface area contributed by atoms with E-state index < -0.39 is 16.1 Å². The lowest BCUT2D eigenvalue weighted by atomic mass is 9.92. The second-order valence-corrected chi connectivity index (χ2v) is 8.50. The topological polar surface area (TPSA) is 57.6 Å². The summed E-state index contributed by atoms with van der Waals surface area (Å²) in [5, 5.41) is 9.74. The Bertz CT molecular complexity index is 865. The van der Waals surface area contributed by atoms with Gasteiger partial charge in [0.25, 0.3) is 0 Å². The van der Waals surface area contributed by atoms with Crippen LogP contribution in [0.25, 0.3) is 0 Å². The molecule has 1 saturated heterocycles. The number of hydrogen-bond donors (Lipinski definition) is 1. The first-order valence-electron chi connectivity index (χ1n) is 8.30. The van der Waals surface area contributed by atoms with Crippen molar-refractivity contribution >= 4 is 10.0 Å². The number of sulfonamides is 1. The molecule has 1 aliphatic heterocycles. The molecule has 2 aromatic carbocycles. The molecule has 1 fully saturated rings. The van der Waals surface area contributed by atoms with Crippen LogP contribution in [0.5, 0.6) is 0 Å². The van der Waals surface area contributed by atoms with Gasteiger partial charge in [0.2, 0.25) is 10.0 Å². The van der Waals surface area contributed by atoms with Gasteiger partial charge >= 0.3 is 0 Å². The Hall–Kier alpha value is -1.76. The fraction of sp³-hybridized carbons (Fsp3) is 0.368. The molecule has 4 nitrogen and oxygen atoms in total. The molecular weight excluding hydrogens is 341 g/mol. The highest BCUT2D eigenvalue weighted by atomic mass is 32.2. The van der Waals surface area contributed by atoms with Crippen LogP contribution >= 0.6 is 0 Å². The monoisotopic (exact) mass is 363 g/mol. The van der Waals surface area contributed by atoms with Crippen molar-refractivity contribution in [3.8, 4) is 0 Å². The van der Waals surface area contributed by atoms with Crippen molar-refractivity contribution in [2.24, 2.45) is 5.92 Å². The molecule has 0 aliphatic carbocycles. The van der Waals surface area contributed by atoms with Crippen molar-refractivity contribution in [1.82, 2.24) is 4.31 Å². The smallest absolute Gasteiger partial charge is 0.243 e. The lowest BCUT2D eigenvalue weighted by Crippen LogP contribution is -2.33. The summed E-state index contributed by atoms with van der Waals surface area (Å²) in [7, 11) is -3.69. The zero-order valence-corrected chi connectivity index (χ0v) is 15.1. The largest absolute Gasteiger partial charge is 0.396 e. The molecule has 2 atom stereocenters. The van der Waals surface area contributed by atoms with Gasteiger partial charge in [0, 0.05) is 19.1 Å². The number of benzene rings is 2. The maximum Gasteiger partial charge on any atom is 0.243 e. The molecule has 25 heavy (non-hydrogen) atoms.